The summed E-state index contributed by atoms with van der Waals surface area (Å²) < 4.78 is 5.61. The third-order valence-corrected chi connectivity index (χ3v) is 4.84. The summed E-state index contributed by atoms with van der Waals surface area (Å²) in [5.41, 5.74) is -0.00780. The van der Waals surface area contributed by atoms with Crippen molar-refractivity contribution in [3.8, 4) is 0 Å². The molecule has 26 heavy (non-hydrogen) atoms. The number of nitrogens with zero attached hydrogens (tertiary/aromatic N) is 1. The lowest BCUT2D eigenvalue weighted by Gasteiger charge is -2.07. The first-order chi connectivity index (χ1) is 12.6. The predicted octanol–water partition coefficient (Wildman–Crippen LogP) is 7.79. The van der Waals surface area contributed by atoms with Crippen LogP contribution in [0.25, 0.3) is 0 Å². The second-order valence-corrected chi connectivity index (χ2v) is 8.28. The van der Waals surface area contributed by atoms with Crippen LogP contribution in [-0.4, -0.2) is 18.0 Å². The highest BCUT2D eigenvalue weighted by atomic mass is 16.5. The summed E-state index contributed by atoms with van der Waals surface area (Å²) in [6.45, 7) is 7.28. The van der Waals surface area contributed by atoms with E-state index in [0.29, 0.717) is 0 Å². The molecule has 0 radical (unpaired) electrons. The number of unbranched alkanes of at least 4 members (excludes halogenated alkanes) is 10. The topological polar surface area (TPSA) is 21.6 Å². The summed E-state index contributed by atoms with van der Waals surface area (Å²) in [7, 11) is 0. The first-order valence-electron chi connectivity index (χ1n) is 11.2. The number of allylic oxidation sites excluding steroid dienone is 4. The molecule has 1 aliphatic rings. The first kappa shape index (κ1) is 23.0. The van der Waals surface area contributed by atoms with Gasteiger partial charge >= 0.3 is 0 Å². The van der Waals surface area contributed by atoms with Gasteiger partial charge in [-0.1, -0.05) is 76.2 Å². The fourth-order valence-electron chi connectivity index (χ4n) is 3.22. The van der Waals surface area contributed by atoms with E-state index in [4.69, 9.17) is 4.74 Å². The third kappa shape index (κ3) is 13.2. The first-order valence-corrected chi connectivity index (χ1v) is 11.2. The van der Waals surface area contributed by atoms with E-state index in [2.05, 4.69) is 50.1 Å². The monoisotopic (exact) mass is 361 g/mol. The Kier molecular flexibility index (Phi) is 13.3. The molecule has 0 saturated heterocycles. The molecule has 0 atom stereocenters. The summed E-state index contributed by atoms with van der Waals surface area (Å²) in [4.78, 5) is 4.59. The Balaban J connectivity index is 1.83. The fraction of sp³-hybridized carbons (Fsp3) is 0.792. The van der Waals surface area contributed by atoms with Gasteiger partial charge in [-0.25, -0.2) is 4.99 Å². The molecule has 0 aromatic rings. The molecule has 0 amide bonds. The van der Waals surface area contributed by atoms with Crippen molar-refractivity contribution in [1.82, 2.24) is 0 Å². The number of rotatable bonds is 16. The molecule has 150 valence electrons. The standard InChI is InChI=1S/C24H43NO/c1-4-5-6-7-8-9-10-11-12-13-14-15-16-17-18-19-20-21-23-25-24(2,3)22-26-23/h13-14,17-18H,4-12,15-16,19-22H2,1-3H3/b14-13-,18-17-. The van der Waals surface area contributed by atoms with E-state index in [1.165, 1.54) is 70.6 Å². The molecule has 2 nitrogen and oxygen atoms in total. The highest BCUT2D eigenvalue weighted by Gasteiger charge is 2.25. The van der Waals surface area contributed by atoms with Crippen LogP contribution in [0.5, 0.6) is 0 Å². The molecule has 0 bridgehead atoms. The number of hydrogen-bond acceptors (Lipinski definition) is 2. The van der Waals surface area contributed by atoms with E-state index < -0.39 is 0 Å². The van der Waals surface area contributed by atoms with E-state index in [0.717, 1.165) is 31.8 Å². The van der Waals surface area contributed by atoms with E-state index in [1.54, 1.807) is 0 Å². The Morgan fingerprint density at radius 2 is 1.31 bits per heavy atom. The lowest BCUT2D eigenvalue weighted by Crippen LogP contribution is -2.17. The zero-order chi connectivity index (χ0) is 18.9. The van der Waals surface area contributed by atoms with Crippen molar-refractivity contribution in [2.45, 2.75) is 116 Å². The van der Waals surface area contributed by atoms with Gasteiger partial charge in [-0.15, -0.1) is 0 Å². The smallest absolute Gasteiger partial charge is 0.183 e. The highest BCUT2D eigenvalue weighted by molar-refractivity contribution is 5.78. The van der Waals surface area contributed by atoms with Gasteiger partial charge in [0, 0.05) is 6.42 Å². The average molecular weight is 362 g/mol. The summed E-state index contributed by atoms with van der Waals surface area (Å²) >= 11 is 0. The molecular formula is C24H43NO. The number of hydrogen-bond donors (Lipinski definition) is 0. The average Bonchev–Trinajstić information content (AvgIpc) is 2.96. The predicted molar refractivity (Wildman–Crippen MR) is 116 cm³/mol. The Morgan fingerprint density at radius 1 is 0.769 bits per heavy atom. The van der Waals surface area contributed by atoms with Crippen LogP contribution < -0.4 is 0 Å². The molecule has 1 rings (SSSR count). The second-order valence-electron chi connectivity index (χ2n) is 8.28. The molecule has 0 spiro atoms. The summed E-state index contributed by atoms with van der Waals surface area (Å²) in [6, 6.07) is 0. The van der Waals surface area contributed by atoms with Gasteiger partial charge in [0.25, 0.3) is 0 Å². The molecule has 1 heterocycles. The van der Waals surface area contributed by atoms with Crippen molar-refractivity contribution >= 4 is 5.90 Å². The van der Waals surface area contributed by atoms with Crippen LogP contribution in [0.1, 0.15) is 111 Å². The van der Waals surface area contributed by atoms with E-state index >= 15 is 0 Å². The Morgan fingerprint density at radius 3 is 1.88 bits per heavy atom. The molecule has 0 N–H and O–H groups in total. The minimum absolute atomic E-state index is 0.00780. The maximum Gasteiger partial charge on any atom is 0.183 e. The van der Waals surface area contributed by atoms with Gasteiger partial charge in [0.15, 0.2) is 5.90 Å². The molecular weight excluding hydrogens is 318 g/mol. The Hall–Kier alpha value is -1.05. The lowest BCUT2D eigenvalue weighted by molar-refractivity contribution is 0.273. The highest BCUT2D eigenvalue weighted by Crippen LogP contribution is 2.19. The van der Waals surface area contributed by atoms with Gasteiger partial charge in [0.1, 0.15) is 6.61 Å². The SMILES string of the molecule is CCCCCCCCCC/C=C\CC/C=C\CCCC1=NC(C)(C)CO1. The van der Waals surface area contributed by atoms with E-state index in [1.807, 2.05) is 0 Å². The molecule has 0 fully saturated rings. The van der Waals surface area contributed by atoms with Crippen LogP contribution in [0.2, 0.25) is 0 Å². The van der Waals surface area contributed by atoms with Crippen LogP contribution in [0.15, 0.2) is 29.3 Å². The van der Waals surface area contributed by atoms with Crippen molar-refractivity contribution in [3.05, 3.63) is 24.3 Å². The molecule has 0 aromatic carbocycles. The van der Waals surface area contributed by atoms with Gasteiger partial charge in [-0.2, -0.15) is 0 Å². The van der Waals surface area contributed by atoms with Gasteiger partial charge in [-0.3, -0.25) is 0 Å². The van der Waals surface area contributed by atoms with Gasteiger partial charge in [0.2, 0.25) is 0 Å². The van der Waals surface area contributed by atoms with Crippen molar-refractivity contribution in [2.24, 2.45) is 4.99 Å². The summed E-state index contributed by atoms with van der Waals surface area (Å²) in [5, 5.41) is 0. The zero-order valence-electron chi connectivity index (χ0n) is 17.8. The normalized spacial score (nSPS) is 16.5. The fourth-order valence-corrected chi connectivity index (χ4v) is 3.22. The molecule has 0 aromatic heterocycles. The van der Waals surface area contributed by atoms with Crippen molar-refractivity contribution in [1.29, 1.82) is 0 Å². The van der Waals surface area contributed by atoms with Gasteiger partial charge in [0.05, 0.1) is 5.54 Å². The molecule has 0 saturated carbocycles. The number of ether oxygens (including phenoxy) is 1. The number of aliphatic imine (C=N–C) groups is 1. The maximum atomic E-state index is 5.61. The largest absolute Gasteiger partial charge is 0.478 e. The van der Waals surface area contributed by atoms with E-state index in [9.17, 15) is 0 Å². The Labute approximate surface area is 163 Å². The van der Waals surface area contributed by atoms with Gasteiger partial charge in [-0.05, 0) is 52.4 Å². The van der Waals surface area contributed by atoms with Crippen molar-refractivity contribution in [3.63, 3.8) is 0 Å². The van der Waals surface area contributed by atoms with Crippen LogP contribution in [0, 0.1) is 0 Å². The molecule has 1 aliphatic heterocycles. The molecule has 0 aliphatic carbocycles. The van der Waals surface area contributed by atoms with Crippen molar-refractivity contribution in [2.75, 3.05) is 6.61 Å². The summed E-state index contributed by atoms with van der Waals surface area (Å²) in [5.74, 6) is 0.951. The minimum atomic E-state index is -0.00780. The zero-order valence-corrected chi connectivity index (χ0v) is 17.8. The quantitative estimate of drug-likeness (QED) is 0.203. The van der Waals surface area contributed by atoms with Crippen LogP contribution in [0.4, 0.5) is 0 Å². The molecule has 0 unspecified atom stereocenters. The molecule has 2 heteroatoms. The van der Waals surface area contributed by atoms with Gasteiger partial charge < -0.3 is 4.74 Å². The van der Waals surface area contributed by atoms with Crippen molar-refractivity contribution < 1.29 is 4.74 Å². The van der Waals surface area contributed by atoms with E-state index in [-0.39, 0.29) is 5.54 Å². The minimum Gasteiger partial charge on any atom is -0.478 e. The van der Waals surface area contributed by atoms with Crippen LogP contribution >= 0.6 is 0 Å². The van der Waals surface area contributed by atoms with Crippen LogP contribution in [-0.2, 0) is 4.74 Å². The third-order valence-electron chi connectivity index (χ3n) is 4.84. The summed E-state index contributed by atoms with van der Waals surface area (Å²) in [6.07, 6.45) is 27.5. The maximum absolute atomic E-state index is 5.61. The second kappa shape index (κ2) is 15.1. The lowest BCUT2D eigenvalue weighted by atomic mass is 10.1. The van der Waals surface area contributed by atoms with Crippen LogP contribution in [0.3, 0.4) is 0 Å². The Bertz CT molecular complexity index is 420.